The number of alkyl carbamates (subject to hydrolysis) is 1. The van der Waals surface area contributed by atoms with Crippen LogP contribution in [0.2, 0.25) is 5.02 Å². The van der Waals surface area contributed by atoms with Crippen molar-refractivity contribution < 1.29 is 52.5 Å². The first-order valence-electron chi connectivity index (χ1n) is 30.4. The Labute approximate surface area is 529 Å². The first-order chi connectivity index (χ1) is 42.0. The minimum Gasteiger partial charge on any atom is -0.460 e. The Morgan fingerprint density at radius 2 is 1.41 bits per heavy atom. The summed E-state index contributed by atoms with van der Waals surface area (Å²) in [6.45, 7) is 20.6. The van der Waals surface area contributed by atoms with Gasteiger partial charge in [-0.1, -0.05) is 101 Å². The maximum Gasteiger partial charge on any atom is 0.407 e. The molecule has 1 fully saturated rings. The highest BCUT2D eigenvalue weighted by molar-refractivity contribution is 7.15. The molecule has 2 aliphatic rings. The third kappa shape index (κ3) is 20.2. The summed E-state index contributed by atoms with van der Waals surface area (Å²) in [6.07, 6.45) is 5.47. The Balaban J connectivity index is 0.826. The van der Waals surface area contributed by atoms with E-state index in [2.05, 4.69) is 50.3 Å². The van der Waals surface area contributed by atoms with Crippen LogP contribution in [-0.4, -0.2) is 149 Å². The van der Waals surface area contributed by atoms with Crippen molar-refractivity contribution in [3.63, 3.8) is 0 Å². The average molecular weight is 1270 g/mol. The molecule has 0 saturated carbocycles. The number of benzene rings is 2. The number of aliphatic imine (C=N–C) groups is 1. The molecule has 5 amide bonds. The van der Waals surface area contributed by atoms with Gasteiger partial charge in [-0.15, -0.1) is 32.9 Å². The number of carbonyl (C=O) groups is 6. The molecule has 5 aromatic rings. The van der Waals surface area contributed by atoms with Crippen LogP contribution in [0.1, 0.15) is 156 Å². The second-order valence-corrected chi connectivity index (χ2v) is 26.8. The number of halogens is 1. The lowest BCUT2D eigenvalue weighted by Gasteiger charge is -2.35. The molecule has 7 rings (SSSR count). The summed E-state index contributed by atoms with van der Waals surface area (Å²) in [5.41, 5.74) is 7.06. The Morgan fingerprint density at radius 3 is 2.08 bits per heavy atom. The lowest BCUT2D eigenvalue weighted by molar-refractivity contribution is -0.150. The molecule has 0 unspecified atom stereocenters. The minimum atomic E-state index is -1.05. The topological polar surface area (TPSA) is 256 Å². The van der Waals surface area contributed by atoms with Gasteiger partial charge in [0.1, 0.15) is 47.3 Å². The van der Waals surface area contributed by atoms with Crippen LogP contribution in [-0.2, 0) is 54.2 Å². The molecule has 3 aromatic heterocycles. The zero-order chi connectivity index (χ0) is 63.5. The number of hydrogen-bond donors (Lipinski definition) is 4. The number of thiophene rings is 1. The van der Waals surface area contributed by atoms with Gasteiger partial charge in [-0.3, -0.25) is 33.5 Å². The number of unbranched alkanes of at least 4 members (excludes halogenated alkanes) is 6. The Hall–Kier alpha value is -6.63. The van der Waals surface area contributed by atoms with E-state index >= 15 is 0 Å². The number of likely N-dealkylation sites (tertiary alicyclic amines) is 1. The van der Waals surface area contributed by atoms with E-state index < -0.39 is 65.0 Å². The highest BCUT2D eigenvalue weighted by atomic mass is 35.5. The quantitative estimate of drug-likeness (QED) is 0.0238. The molecule has 88 heavy (non-hydrogen) atoms. The smallest absolute Gasteiger partial charge is 0.407 e. The van der Waals surface area contributed by atoms with Crippen molar-refractivity contribution in [3.8, 4) is 15.4 Å². The van der Waals surface area contributed by atoms with E-state index in [0.717, 1.165) is 92.5 Å². The number of esters is 1. The van der Waals surface area contributed by atoms with Crippen LogP contribution in [0.25, 0.3) is 15.4 Å². The number of fused-ring (bicyclic) bond motifs is 3. The molecule has 0 spiro atoms. The van der Waals surface area contributed by atoms with E-state index in [0.29, 0.717) is 29.6 Å². The van der Waals surface area contributed by atoms with Gasteiger partial charge in [-0.2, -0.15) is 0 Å². The van der Waals surface area contributed by atoms with Gasteiger partial charge in [0.25, 0.3) is 0 Å². The lowest BCUT2D eigenvalue weighted by Crippen LogP contribution is -2.58. The average Bonchev–Trinajstić information content (AvgIpc) is 1.67. The monoisotopic (exact) mass is 1270 g/mol. The lowest BCUT2D eigenvalue weighted by atomic mass is 9.85. The van der Waals surface area contributed by atoms with E-state index in [4.69, 9.17) is 40.3 Å². The number of thiazole rings is 1. The third-order valence-corrected chi connectivity index (χ3v) is 17.4. The standard InChI is InChI=1S/C64H87ClN10O11S2/c1-40-42(3)88-61-54(40)55(45-23-25-47(65)26-24-45)70-49(58-73-72-43(4)75(58)61)35-51(76)66-28-29-82-30-31-83-32-33-84-38-52(77)71-57(63(5,6)7)60(80)74-37-48(85-53(78)18-16-14-12-11-13-15-17-27-67-62(81)86-64(8,9)10)34-50(74)59(79)68-36-44-19-21-46(22-20-44)56-41(2)69-39-87-56/h19-26,39,48-50,57H,11-18,27-38H2,1-10H3,(H,66,76)(H,67,81)(H,68,79)(H,71,77)/t48-,49+,50+,57-/m1/s1. The maximum atomic E-state index is 14.6. The molecule has 1 saturated heterocycles. The fourth-order valence-electron chi connectivity index (χ4n) is 10.3. The molecular weight excluding hydrogens is 1180 g/mol. The van der Waals surface area contributed by atoms with E-state index in [1.54, 1.807) is 28.2 Å². The summed E-state index contributed by atoms with van der Waals surface area (Å²) < 4.78 is 30.3. The highest BCUT2D eigenvalue weighted by Crippen LogP contribution is 2.40. The number of aromatic nitrogens is 4. The van der Waals surface area contributed by atoms with E-state index in [1.165, 1.54) is 4.90 Å². The molecule has 0 aliphatic carbocycles. The van der Waals surface area contributed by atoms with Crippen molar-refractivity contribution in [2.45, 2.75) is 170 Å². The molecular formula is C64H87ClN10O11S2. The van der Waals surface area contributed by atoms with Crippen LogP contribution in [0.3, 0.4) is 0 Å². The minimum absolute atomic E-state index is 0.0197. The van der Waals surface area contributed by atoms with E-state index in [1.807, 2.05) is 108 Å². The molecule has 0 radical (unpaired) electrons. The van der Waals surface area contributed by atoms with Crippen LogP contribution in [0.15, 0.2) is 59.0 Å². The largest absolute Gasteiger partial charge is 0.460 e. The van der Waals surface area contributed by atoms with Crippen LogP contribution in [0.5, 0.6) is 0 Å². The van der Waals surface area contributed by atoms with Gasteiger partial charge < -0.3 is 49.9 Å². The van der Waals surface area contributed by atoms with Crippen LogP contribution in [0, 0.1) is 33.1 Å². The van der Waals surface area contributed by atoms with E-state index in [9.17, 15) is 28.8 Å². The van der Waals surface area contributed by atoms with Gasteiger partial charge in [0.2, 0.25) is 23.6 Å². The number of carbonyl (C=O) groups excluding carboxylic acids is 6. The van der Waals surface area contributed by atoms with Gasteiger partial charge in [0.05, 0.1) is 67.8 Å². The molecule has 21 nitrogen and oxygen atoms in total. The van der Waals surface area contributed by atoms with Crippen molar-refractivity contribution in [2.75, 3.05) is 59.3 Å². The number of hydrogen-bond acceptors (Lipinski definition) is 17. The van der Waals surface area contributed by atoms with Gasteiger partial charge in [0, 0.05) is 53.5 Å². The fraction of sp³-hybridized carbons (Fsp3) is 0.562. The van der Waals surface area contributed by atoms with Crippen LogP contribution in [0.4, 0.5) is 4.79 Å². The predicted octanol–water partition coefficient (Wildman–Crippen LogP) is 9.79. The van der Waals surface area contributed by atoms with Crippen molar-refractivity contribution in [2.24, 2.45) is 10.4 Å². The molecule has 4 atom stereocenters. The molecule has 478 valence electrons. The zero-order valence-electron chi connectivity index (χ0n) is 52.5. The molecule has 5 heterocycles. The number of nitrogens with one attached hydrogen (secondary N) is 4. The summed E-state index contributed by atoms with van der Waals surface area (Å²) in [5, 5.41) is 22.0. The van der Waals surface area contributed by atoms with Crippen molar-refractivity contribution in [3.05, 3.63) is 104 Å². The molecule has 24 heteroatoms. The second-order valence-electron chi connectivity index (χ2n) is 24.3. The third-order valence-electron chi connectivity index (χ3n) is 15.0. The zero-order valence-corrected chi connectivity index (χ0v) is 54.9. The van der Waals surface area contributed by atoms with Gasteiger partial charge in [-0.05, 0) is 95.5 Å². The van der Waals surface area contributed by atoms with Gasteiger partial charge in [-0.25, -0.2) is 9.78 Å². The summed E-state index contributed by atoms with van der Waals surface area (Å²) in [6, 6.07) is 12.8. The van der Waals surface area contributed by atoms with Crippen LogP contribution < -0.4 is 21.3 Å². The van der Waals surface area contributed by atoms with E-state index in [-0.39, 0.29) is 84.4 Å². The Kier molecular flexibility index (Phi) is 25.6. The number of ether oxygens (including phenoxy) is 5. The first kappa shape index (κ1) is 68.9. The summed E-state index contributed by atoms with van der Waals surface area (Å²) in [4.78, 5) is 93.8. The first-order valence-corrected chi connectivity index (χ1v) is 32.4. The van der Waals surface area contributed by atoms with Crippen LogP contribution >= 0.6 is 34.3 Å². The number of rotatable bonds is 31. The second kappa shape index (κ2) is 32.7. The van der Waals surface area contributed by atoms with Crippen molar-refractivity contribution in [1.82, 2.24) is 45.9 Å². The number of amides is 5. The summed E-state index contributed by atoms with van der Waals surface area (Å²) >= 11 is 9.46. The summed E-state index contributed by atoms with van der Waals surface area (Å²) in [7, 11) is 0. The molecule has 2 aromatic carbocycles. The fourth-order valence-corrected chi connectivity index (χ4v) is 12.5. The Morgan fingerprint density at radius 1 is 0.750 bits per heavy atom. The Bertz CT molecular complexity index is 3190. The SMILES string of the molecule is Cc1ncsc1-c1ccc(CNC(=O)[C@@H]2C[C@@H](OC(=O)CCCCCCCCCNC(=O)OC(C)(C)C)CN2C(=O)[C@@H](NC(=O)COCCOCCOCCNC(=O)C[C@@H]2N=C(c3ccc(Cl)cc3)c3c(sc(C)c3C)-n3c(C)nnc32)C(C)(C)C)cc1. The normalized spacial score (nSPS) is 16.0. The predicted molar refractivity (Wildman–Crippen MR) is 340 cm³/mol. The molecule has 2 aliphatic heterocycles. The van der Waals surface area contributed by atoms with Crippen molar-refractivity contribution in [1.29, 1.82) is 0 Å². The highest BCUT2D eigenvalue weighted by Gasteiger charge is 2.46. The summed E-state index contributed by atoms with van der Waals surface area (Å²) in [5.74, 6) is -0.721. The van der Waals surface area contributed by atoms with Gasteiger partial charge >= 0.3 is 12.1 Å². The number of nitrogens with zero attached hydrogens (tertiary/aromatic N) is 6. The van der Waals surface area contributed by atoms with Gasteiger partial charge in [0.15, 0.2) is 5.82 Å². The maximum absolute atomic E-state index is 14.6. The van der Waals surface area contributed by atoms with Crippen molar-refractivity contribution >= 4 is 75.7 Å². The number of aryl methyl sites for hydroxylation is 3. The molecule has 0 bridgehead atoms. The molecule has 4 N–H and O–H groups in total.